The molecule has 0 bridgehead atoms. The fourth-order valence-electron chi connectivity index (χ4n) is 4.86. The van der Waals surface area contributed by atoms with Crippen molar-refractivity contribution in [1.29, 1.82) is 0 Å². The molecule has 0 amide bonds. The molecular formula is C26H27ClF4N6O. The van der Waals surface area contributed by atoms with E-state index in [0.717, 1.165) is 18.9 Å². The molecule has 2 aromatic heterocycles. The molecule has 0 aliphatic carbocycles. The van der Waals surface area contributed by atoms with E-state index in [1.807, 2.05) is 4.90 Å². The van der Waals surface area contributed by atoms with Crippen LogP contribution in [0.1, 0.15) is 18.4 Å². The van der Waals surface area contributed by atoms with Crippen molar-refractivity contribution in [3.8, 4) is 11.3 Å². The van der Waals surface area contributed by atoms with Gasteiger partial charge in [0.2, 0.25) is 5.95 Å². The second kappa shape index (κ2) is 10.9. The van der Waals surface area contributed by atoms with E-state index in [-0.39, 0.29) is 23.4 Å². The van der Waals surface area contributed by atoms with E-state index in [2.05, 4.69) is 9.88 Å². The van der Waals surface area contributed by atoms with Gasteiger partial charge in [-0.05, 0) is 49.1 Å². The van der Waals surface area contributed by atoms with Crippen LogP contribution in [0.15, 0.2) is 42.6 Å². The molecule has 0 saturated carbocycles. The predicted octanol–water partition coefficient (Wildman–Crippen LogP) is 4.89. The molecule has 7 nitrogen and oxygen atoms in total. The lowest BCUT2D eigenvalue weighted by molar-refractivity contribution is -0.137. The number of halogens is 5. The van der Waals surface area contributed by atoms with Gasteiger partial charge in [-0.2, -0.15) is 18.2 Å². The Morgan fingerprint density at radius 2 is 1.63 bits per heavy atom. The van der Waals surface area contributed by atoms with Gasteiger partial charge in [0.05, 0.1) is 16.3 Å². The lowest BCUT2D eigenvalue weighted by atomic mass is 9.98. The monoisotopic (exact) mass is 550 g/mol. The third-order valence-corrected chi connectivity index (χ3v) is 7.36. The maximum atomic E-state index is 13.8. The minimum atomic E-state index is -4.49. The minimum absolute atomic E-state index is 0.0163. The maximum Gasteiger partial charge on any atom is 0.419 e. The Morgan fingerprint density at radius 3 is 2.29 bits per heavy atom. The largest absolute Gasteiger partial charge is 0.419 e. The standard InChI is InChI=1S/C26H27ClF4N6O/c27-20-14-18(3-4-21(20)28)22-15-23(34-25(33-22)37-8-5-17(16-38)6-9-37)35-10-12-36(13-11-35)24-19(26(29,30)31)2-1-7-32-24/h1-4,7,14-15,17,38H,5-6,8-13,16H2. The summed E-state index contributed by atoms with van der Waals surface area (Å²) in [7, 11) is 0. The zero-order valence-corrected chi connectivity index (χ0v) is 21.3. The van der Waals surface area contributed by atoms with Gasteiger partial charge in [-0.3, -0.25) is 0 Å². The van der Waals surface area contributed by atoms with Crippen LogP contribution in [0.2, 0.25) is 5.02 Å². The topological polar surface area (TPSA) is 68.6 Å². The first-order chi connectivity index (χ1) is 18.2. The Bertz CT molecular complexity index is 1280. The highest BCUT2D eigenvalue weighted by Gasteiger charge is 2.36. The van der Waals surface area contributed by atoms with Gasteiger partial charge in [0.1, 0.15) is 17.5 Å². The molecule has 202 valence electrons. The van der Waals surface area contributed by atoms with E-state index in [1.54, 1.807) is 17.0 Å². The Labute approximate surface area is 222 Å². The van der Waals surface area contributed by atoms with Crippen molar-refractivity contribution in [2.24, 2.45) is 5.92 Å². The third-order valence-electron chi connectivity index (χ3n) is 7.07. The second-order valence-corrected chi connectivity index (χ2v) is 9.91. The molecule has 2 aliphatic rings. The summed E-state index contributed by atoms with van der Waals surface area (Å²) < 4.78 is 54.4. The van der Waals surface area contributed by atoms with Crippen molar-refractivity contribution in [3.05, 3.63) is 59.0 Å². The molecule has 38 heavy (non-hydrogen) atoms. The molecule has 2 fully saturated rings. The molecule has 3 aromatic rings. The van der Waals surface area contributed by atoms with Crippen LogP contribution >= 0.6 is 11.6 Å². The van der Waals surface area contributed by atoms with Gasteiger partial charge in [0, 0.05) is 63.7 Å². The number of hydrogen-bond acceptors (Lipinski definition) is 7. The van der Waals surface area contributed by atoms with Crippen LogP contribution in [-0.4, -0.2) is 65.9 Å². The number of rotatable bonds is 5. The number of alkyl halides is 3. The zero-order valence-electron chi connectivity index (χ0n) is 20.5. The van der Waals surface area contributed by atoms with Crippen LogP contribution in [-0.2, 0) is 6.18 Å². The quantitative estimate of drug-likeness (QED) is 0.454. The molecule has 2 saturated heterocycles. The van der Waals surface area contributed by atoms with Crippen molar-refractivity contribution in [3.63, 3.8) is 0 Å². The van der Waals surface area contributed by atoms with E-state index < -0.39 is 17.6 Å². The fraction of sp³-hybridized carbons (Fsp3) is 0.423. The molecule has 0 atom stereocenters. The molecular weight excluding hydrogens is 524 g/mol. The predicted molar refractivity (Wildman–Crippen MR) is 138 cm³/mol. The molecule has 2 aliphatic heterocycles. The average Bonchev–Trinajstić information content (AvgIpc) is 2.94. The van der Waals surface area contributed by atoms with Gasteiger partial charge in [-0.1, -0.05) is 11.6 Å². The van der Waals surface area contributed by atoms with Gasteiger partial charge < -0.3 is 19.8 Å². The van der Waals surface area contributed by atoms with Gasteiger partial charge in [0.25, 0.3) is 0 Å². The minimum Gasteiger partial charge on any atom is -0.396 e. The highest BCUT2D eigenvalue weighted by Crippen LogP contribution is 2.36. The highest BCUT2D eigenvalue weighted by atomic mass is 35.5. The second-order valence-electron chi connectivity index (χ2n) is 9.50. The maximum absolute atomic E-state index is 13.8. The van der Waals surface area contributed by atoms with E-state index in [9.17, 15) is 22.7 Å². The van der Waals surface area contributed by atoms with Crippen LogP contribution < -0.4 is 14.7 Å². The number of hydrogen-bond donors (Lipinski definition) is 1. The van der Waals surface area contributed by atoms with Crippen LogP contribution in [0.4, 0.5) is 35.1 Å². The molecule has 4 heterocycles. The molecule has 1 aromatic carbocycles. The highest BCUT2D eigenvalue weighted by molar-refractivity contribution is 6.31. The Morgan fingerprint density at radius 1 is 0.921 bits per heavy atom. The van der Waals surface area contributed by atoms with E-state index in [1.165, 1.54) is 24.4 Å². The van der Waals surface area contributed by atoms with Crippen molar-refractivity contribution in [1.82, 2.24) is 15.0 Å². The van der Waals surface area contributed by atoms with Crippen LogP contribution in [0.3, 0.4) is 0 Å². The lowest BCUT2D eigenvalue weighted by Crippen LogP contribution is -2.47. The summed E-state index contributed by atoms with van der Waals surface area (Å²) in [5.41, 5.74) is 0.454. The first kappa shape index (κ1) is 26.4. The SMILES string of the molecule is OCC1CCN(c2nc(-c3ccc(F)c(Cl)c3)cc(N3CCN(c4ncccc4C(F)(F)F)CC3)n2)CC1. The Kier molecular flexibility index (Phi) is 7.58. The first-order valence-corrected chi connectivity index (χ1v) is 12.8. The summed E-state index contributed by atoms with van der Waals surface area (Å²) >= 11 is 6.04. The average molecular weight is 551 g/mol. The van der Waals surface area contributed by atoms with Gasteiger partial charge >= 0.3 is 6.18 Å². The normalized spacial score (nSPS) is 17.3. The smallest absolute Gasteiger partial charge is 0.396 e. The van der Waals surface area contributed by atoms with E-state index in [0.29, 0.717) is 62.3 Å². The number of aromatic nitrogens is 3. The molecule has 0 spiro atoms. The molecule has 0 radical (unpaired) electrons. The summed E-state index contributed by atoms with van der Waals surface area (Å²) in [4.78, 5) is 19.3. The Balaban J connectivity index is 1.42. The zero-order chi connectivity index (χ0) is 26.9. The van der Waals surface area contributed by atoms with E-state index in [4.69, 9.17) is 21.6 Å². The number of anilines is 3. The van der Waals surface area contributed by atoms with Crippen LogP contribution in [0, 0.1) is 11.7 Å². The summed E-state index contributed by atoms with van der Waals surface area (Å²) in [6.07, 6.45) is -1.50. The van der Waals surface area contributed by atoms with Gasteiger partial charge in [-0.25, -0.2) is 14.4 Å². The molecule has 5 rings (SSSR count). The van der Waals surface area contributed by atoms with Gasteiger partial charge in [0.15, 0.2) is 0 Å². The summed E-state index contributed by atoms with van der Waals surface area (Å²) in [5.74, 6) is 0.787. The number of piperazine rings is 1. The molecule has 0 unspecified atom stereocenters. The lowest BCUT2D eigenvalue weighted by Gasteiger charge is -2.37. The van der Waals surface area contributed by atoms with Crippen molar-refractivity contribution in [2.45, 2.75) is 19.0 Å². The number of benzene rings is 1. The van der Waals surface area contributed by atoms with Crippen LogP contribution in [0.5, 0.6) is 0 Å². The Hall–Kier alpha value is -3.18. The number of piperidine rings is 1. The summed E-state index contributed by atoms with van der Waals surface area (Å²) in [6.45, 7) is 3.04. The fourth-order valence-corrected chi connectivity index (χ4v) is 5.04. The van der Waals surface area contributed by atoms with Crippen molar-refractivity contribution >= 4 is 29.2 Å². The van der Waals surface area contributed by atoms with Crippen molar-refractivity contribution < 1.29 is 22.7 Å². The number of pyridine rings is 1. The van der Waals surface area contributed by atoms with Crippen molar-refractivity contribution in [2.75, 3.05) is 60.6 Å². The number of aliphatic hydroxyl groups excluding tert-OH is 1. The number of nitrogens with zero attached hydrogens (tertiary/aromatic N) is 6. The van der Waals surface area contributed by atoms with Crippen LogP contribution in [0.25, 0.3) is 11.3 Å². The third kappa shape index (κ3) is 5.63. The van der Waals surface area contributed by atoms with E-state index >= 15 is 0 Å². The number of aliphatic hydroxyl groups is 1. The molecule has 12 heteroatoms. The summed E-state index contributed by atoms with van der Waals surface area (Å²) in [6, 6.07) is 8.54. The first-order valence-electron chi connectivity index (χ1n) is 12.5. The summed E-state index contributed by atoms with van der Waals surface area (Å²) in [5, 5.41) is 9.48. The molecule has 1 N–H and O–H groups in total. The van der Waals surface area contributed by atoms with Gasteiger partial charge in [-0.15, -0.1) is 0 Å².